The molecule has 2 heterocycles. The number of nitrogens with two attached hydrogens (primary N) is 1. The first-order valence-corrected chi connectivity index (χ1v) is 12.1. The van der Waals surface area contributed by atoms with Crippen LogP contribution in [0.1, 0.15) is 92.1 Å². The van der Waals surface area contributed by atoms with E-state index in [0.29, 0.717) is 23.9 Å². The fraction of sp³-hybridized carbons (Fsp3) is 0.654. The highest BCUT2D eigenvalue weighted by atomic mass is 16.5. The molecule has 1 aromatic carbocycles. The van der Waals surface area contributed by atoms with Crippen LogP contribution in [0.15, 0.2) is 6.07 Å². The molecule has 1 aromatic rings. The number of hydrogen-bond donors (Lipinski definition) is 3. The molecular formula is C26H35N3O4. The maximum Gasteiger partial charge on any atom is 0.252 e. The Labute approximate surface area is 195 Å². The molecule has 4 aliphatic rings. The molecule has 5 rings (SSSR count). The van der Waals surface area contributed by atoms with Crippen molar-refractivity contribution in [3.63, 3.8) is 0 Å². The van der Waals surface area contributed by atoms with E-state index < -0.39 is 11.5 Å². The molecule has 178 valence electrons. The van der Waals surface area contributed by atoms with Gasteiger partial charge in [0.05, 0.1) is 11.1 Å². The number of nitrogens with one attached hydrogen (secondary N) is 2. The molecule has 7 nitrogen and oxygen atoms in total. The van der Waals surface area contributed by atoms with E-state index >= 15 is 0 Å². The van der Waals surface area contributed by atoms with Crippen molar-refractivity contribution in [2.45, 2.75) is 84.9 Å². The van der Waals surface area contributed by atoms with Crippen LogP contribution in [0.5, 0.6) is 5.75 Å². The van der Waals surface area contributed by atoms with Gasteiger partial charge in [0.25, 0.3) is 5.91 Å². The van der Waals surface area contributed by atoms with Crippen molar-refractivity contribution >= 4 is 17.7 Å². The Morgan fingerprint density at radius 1 is 1.21 bits per heavy atom. The number of ether oxygens (including phenoxy) is 1. The van der Waals surface area contributed by atoms with E-state index in [-0.39, 0.29) is 34.2 Å². The molecule has 3 amide bonds. The van der Waals surface area contributed by atoms with Crippen molar-refractivity contribution in [2.24, 2.45) is 28.4 Å². The Morgan fingerprint density at radius 2 is 1.94 bits per heavy atom. The van der Waals surface area contributed by atoms with Gasteiger partial charge in [0.2, 0.25) is 11.8 Å². The van der Waals surface area contributed by atoms with Gasteiger partial charge in [-0.05, 0) is 48.6 Å². The second kappa shape index (κ2) is 6.97. The Morgan fingerprint density at radius 3 is 2.61 bits per heavy atom. The first-order valence-electron chi connectivity index (χ1n) is 12.1. The number of primary amides is 1. The standard InChI is InChI=1S/C26H35N3O4/c1-13-6-7-19-24(3,4)10-16(29-14(2)30)11-26(19)25(13,5)9-15-8-17(22(27)31)20-18(21(15)33-26)12-28-23(20)32/h8,13,16,19H,6-7,9-12H2,1-5H3,(H2,27,31)(H,28,32)(H,29,30)/t13-,16?,19-,25+,26-/m0/s1. The lowest BCUT2D eigenvalue weighted by molar-refractivity contribution is -0.216. The van der Waals surface area contributed by atoms with Gasteiger partial charge in [0.15, 0.2) is 0 Å². The van der Waals surface area contributed by atoms with Gasteiger partial charge in [-0.15, -0.1) is 0 Å². The van der Waals surface area contributed by atoms with Gasteiger partial charge in [-0.3, -0.25) is 14.4 Å². The molecule has 0 aromatic heterocycles. The van der Waals surface area contributed by atoms with Crippen LogP contribution in [0.2, 0.25) is 0 Å². The third-order valence-corrected chi connectivity index (χ3v) is 9.39. The third-order valence-electron chi connectivity index (χ3n) is 9.39. The number of benzene rings is 1. The molecule has 0 radical (unpaired) electrons. The number of carbonyl (C=O) groups excluding carboxylic acids is 3. The van der Waals surface area contributed by atoms with Gasteiger partial charge in [-0.2, -0.15) is 0 Å². The first kappa shape index (κ1) is 22.2. The molecule has 33 heavy (non-hydrogen) atoms. The van der Waals surface area contributed by atoms with Crippen LogP contribution >= 0.6 is 0 Å². The summed E-state index contributed by atoms with van der Waals surface area (Å²) in [7, 11) is 0. The lowest BCUT2D eigenvalue weighted by Gasteiger charge is -2.67. The summed E-state index contributed by atoms with van der Waals surface area (Å²) in [6, 6.07) is 1.81. The maximum absolute atomic E-state index is 12.6. The number of amides is 3. The fourth-order valence-electron chi connectivity index (χ4n) is 7.84. The Bertz CT molecular complexity index is 1080. The zero-order valence-corrected chi connectivity index (χ0v) is 20.3. The minimum absolute atomic E-state index is 0.0192. The summed E-state index contributed by atoms with van der Waals surface area (Å²) in [4.78, 5) is 36.9. The van der Waals surface area contributed by atoms with Crippen LogP contribution in [0.4, 0.5) is 0 Å². The molecule has 7 heteroatoms. The van der Waals surface area contributed by atoms with Gasteiger partial charge in [0, 0.05) is 42.8 Å². The predicted molar refractivity (Wildman–Crippen MR) is 124 cm³/mol. The van der Waals surface area contributed by atoms with E-state index in [2.05, 4.69) is 38.3 Å². The number of hydrogen-bond acceptors (Lipinski definition) is 4. The molecule has 5 atom stereocenters. The fourth-order valence-corrected chi connectivity index (χ4v) is 7.84. The molecule has 2 fully saturated rings. The predicted octanol–water partition coefficient (Wildman–Crippen LogP) is 3.08. The monoisotopic (exact) mass is 453 g/mol. The maximum atomic E-state index is 12.6. The van der Waals surface area contributed by atoms with Crippen LogP contribution in [0, 0.1) is 22.7 Å². The van der Waals surface area contributed by atoms with Crippen molar-refractivity contribution < 1.29 is 19.1 Å². The van der Waals surface area contributed by atoms with Crippen molar-refractivity contribution in [1.29, 1.82) is 0 Å². The number of fused-ring (bicyclic) bond motifs is 3. The largest absolute Gasteiger partial charge is 0.486 e. The zero-order chi connectivity index (χ0) is 23.9. The third kappa shape index (κ3) is 2.96. The smallest absolute Gasteiger partial charge is 0.252 e. The second-order valence-corrected chi connectivity index (χ2v) is 11.7. The van der Waals surface area contributed by atoms with Crippen LogP contribution < -0.4 is 21.1 Å². The number of rotatable bonds is 2. The van der Waals surface area contributed by atoms with Crippen molar-refractivity contribution in [3.05, 3.63) is 28.3 Å². The van der Waals surface area contributed by atoms with E-state index in [1.807, 2.05) is 0 Å². The molecular weight excluding hydrogens is 418 g/mol. The second-order valence-electron chi connectivity index (χ2n) is 11.7. The summed E-state index contributed by atoms with van der Waals surface area (Å²) in [6.07, 6.45) is 4.60. The van der Waals surface area contributed by atoms with Gasteiger partial charge in [0.1, 0.15) is 11.4 Å². The molecule has 2 aliphatic heterocycles. The van der Waals surface area contributed by atoms with E-state index in [1.165, 1.54) is 0 Å². The van der Waals surface area contributed by atoms with Gasteiger partial charge in [-0.1, -0.05) is 27.7 Å². The van der Waals surface area contributed by atoms with Gasteiger partial charge < -0.3 is 21.1 Å². The Balaban J connectivity index is 1.72. The normalized spacial score (nSPS) is 35.8. The molecule has 2 saturated carbocycles. The Hall–Kier alpha value is -2.57. The van der Waals surface area contributed by atoms with Crippen molar-refractivity contribution in [3.8, 4) is 5.75 Å². The SMILES string of the molecule is CC(=O)NC1CC(C)(C)[C@@H]2CC[C@H](C)[C@@]3(C)Cc4cc(C(N)=O)c5c(c4O[C@@]23C1)CNC5=O. The summed E-state index contributed by atoms with van der Waals surface area (Å²) in [5.41, 5.74) is 7.35. The molecule has 0 bridgehead atoms. The van der Waals surface area contributed by atoms with Gasteiger partial charge in [-0.25, -0.2) is 0 Å². The highest BCUT2D eigenvalue weighted by Crippen LogP contribution is 2.66. The summed E-state index contributed by atoms with van der Waals surface area (Å²) >= 11 is 0. The van der Waals surface area contributed by atoms with E-state index in [0.717, 1.165) is 49.0 Å². The molecule has 0 saturated heterocycles. The first-order chi connectivity index (χ1) is 15.4. The van der Waals surface area contributed by atoms with E-state index in [1.54, 1.807) is 13.0 Å². The quantitative estimate of drug-likeness (QED) is 0.639. The average molecular weight is 454 g/mol. The van der Waals surface area contributed by atoms with Gasteiger partial charge >= 0.3 is 0 Å². The van der Waals surface area contributed by atoms with E-state index in [4.69, 9.17) is 10.5 Å². The highest BCUT2D eigenvalue weighted by Gasteiger charge is 2.67. The highest BCUT2D eigenvalue weighted by molar-refractivity contribution is 6.10. The van der Waals surface area contributed by atoms with E-state index in [9.17, 15) is 14.4 Å². The molecule has 4 N–H and O–H groups in total. The van der Waals surface area contributed by atoms with Crippen molar-refractivity contribution in [2.75, 3.05) is 0 Å². The molecule has 1 unspecified atom stereocenters. The van der Waals surface area contributed by atoms with Crippen LogP contribution in [-0.4, -0.2) is 29.4 Å². The number of carbonyl (C=O) groups is 3. The van der Waals surface area contributed by atoms with Crippen LogP contribution in [-0.2, 0) is 17.8 Å². The van der Waals surface area contributed by atoms with Crippen molar-refractivity contribution in [1.82, 2.24) is 10.6 Å². The zero-order valence-electron chi connectivity index (χ0n) is 20.3. The lowest BCUT2D eigenvalue weighted by atomic mass is 9.43. The molecule has 1 spiro atoms. The summed E-state index contributed by atoms with van der Waals surface area (Å²) in [6.45, 7) is 11.1. The summed E-state index contributed by atoms with van der Waals surface area (Å²) < 4.78 is 7.18. The summed E-state index contributed by atoms with van der Waals surface area (Å²) in [5.74, 6) is 0.582. The minimum atomic E-state index is -0.587. The average Bonchev–Trinajstić information content (AvgIpc) is 3.07. The van der Waals surface area contributed by atoms with Crippen LogP contribution in [0.25, 0.3) is 0 Å². The summed E-state index contributed by atoms with van der Waals surface area (Å²) in [5, 5.41) is 6.05. The minimum Gasteiger partial charge on any atom is -0.486 e. The Kier molecular flexibility index (Phi) is 4.69. The molecule has 2 aliphatic carbocycles. The topological polar surface area (TPSA) is 111 Å². The lowest BCUT2D eigenvalue weighted by Crippen LogP contribution is -2.71. The van der Waals surface area contributed by atoms with Crippen LogP contribution in [0.3, 0.4) is 0 Å².